The molecule has 2 aromatic carbocycles. The number of para-hydroxylation sites is 1. The molecule has 31 heavy (non-hydrogen) atoms. The molecule has 4 aromatic rings. The zero-order chi connectivity index (χ0) is 22.0. The average molecular weight is 453 g/mol. The molecule has 156 valence electrons. The average Bonchev–Trinajstić information content (AvgIpc) is 3.34. The Labute approximate surface area is 188 Å². The molecule has 0 saturated heterocycles. The van der Waals surface area contributed by atoms with E-state index in [0.29, 0.717) is 21.3 Å². The van der Waals surface area contributed by atoms with Crippen LogP contribution in [0.5, 0.6) is 0 Å². The van der Waals surface area contributed by atoms with Crippen LogP contribution in [0.2, 0.25) is 10.0 Å². The number of aromatic nitrogens is 4. The first-order valence-corrected chi connectivity index (χ1v) is 10.2. The first-order chi connectivity index (χ1) is 14.9. The van der Waals surface area contributed by atoms with Crippen LogP contribution < -0.4 is 5.43 Å². The molecule has 2 heterocycles. The van der Waals surface area contributed by atoms with Crippen molar-refractivity contribution in [2.24, 2.45) is 5.10 Å². The lowest BCUT2D eigenvalue weighted by Gasteiger charge is -2.04. The Morgan fingerprint density at radius 3 is 2.65 bits per heavy atom. The summed E-state index contributed by atoms with van der Waals surface area (Å²) in [6, 6.07) is 16.5. The van der Waals surface area contributed by atoms with Gasteiger partial charge in [-0.05, 0) is 44.2 Å². The Balaban J connectivity index is 1.52. The number of hydrogen-bond donors (Lipinski definition) is 2. The Morgan fingerprint density at radius 1 is 1.13 bits per heavy atom. The van der Waals surface area contributed by atoms with Crippen LogP contribution in [-0.2, 0) is 0 Å². The van der Waals surface area contributed by atoms with E-state index in [-0.39, 0.29) is 5.69 Å². The number of aromatic amines is 1. The van der Waals surface area contributed by atoms with Gasteiger partial charge in [-0.3, -0.25) is 9.89 Å². The number of aryl methyl sites for hydroxylation is 1. The Hall–Kier alpha value is -3.42. The summed E-state index contributed by atoms with van der Waals surface area (Å²) >= 11 is 12.0. The predicted molar refractivity (Wildman–Crippen MR) is 122 cm³/mol. The third-order valence-electron chi connectivity index (χ3n) is 4.70. The zero-order valence-corrected chi connectivity index (χ0v) is 18.2. The predicted octanol–water partition coefficient (Wildman–Crippen LogP) is 4.95. The van der Waals surface area contributed by atoms with Crippen LogP contribution >= 0.6 is 23.2 Å². The van der Waals surface area contributed by atoms with Gasteiger partial charge in [0, 0.05) is 16.1 Å². The number of hydrazone groups is 1. The van der Waals surface area contributed by atoms with E-state index >= 15 is 0 Å². The van der Waals surface area contributed by atoms with E-state index in [2.05, 4.69) is 25.8 Å². The van der Waals surface area contributed by atoms with Crippen LogP contribution in [0.3, 0.4) is 0 Å². The number of carbonyl (C=O) groups excluding carboxylic acids is 1. The number of H-pyrrole nitrogens is 1. The molecule has 0 aliphatic carbocycles. The number of benzene rings is 2. The van der Waals surface area contributed by atoms with Gasteiger partial charge in [0.15, 0.2) is 0 Å². The van der Waals surface area contributed by atoms with Gasteiger partial charge >= 0.3 is 0 Å². The summed E-state index contributed by atoms with van der Waals surface area (Å²) < 4.78 is 1.86. The van der Waals surface area contributed by atoms with E-state index in [1.54, 1.807) is 24.3 Å². The molecule has 0 spiro atoms. The highest BCUT2D eigenvalue weighted by Gasteiger charge is 2.18. The van der Waals surface area contributed by atoms with E-state index in [4.69, 9.17) is 23.2 Å². The Morgan fingerprint density at radius 2 is 1.90 bits per heavy atom. The van der Waals surface area contributed by atoms with Gasteiger partial charge in [0.1, 0.15) is 5.69 Å². The fraction of sp³-hybridized carbons (Fsp3) is 0.0909. The lowest BCUT2D eigenvalue weighted by Crippen LogP contribution is -2.18. The smallest absolute Gasteiger partial charge is 0.272 e. The fourth-order valence-electron chi connectivity index (χ4n) is 3.23. The van der Waals surface area contributed by atoms with Gasteiger partial charge in [-0.15, -0.1) is 0 Å². The maximum absolute atomic E-state index is 12.4. The van der Waals surface area contributed by atoms with Crippen LogP contribution in [0, 0.1) is 13.8 Å². The van der Waals surface area contributed by atoms with Gasteiger partial charge < -0.3 is 0 Å². The molecule has 0 atom stereocenters. The van der Waals surface area contributed by atoms with Crippen molar-refractivity contribution in [3.63, 3.8) is 0 Å². The largest absolute Gasteiger partial charge is 0.289 e. The number of halogens is 2. The number of rotatable bonds is 5. The van der Waals surface area contributed by atoms with Gasteiger partial charge in [-0.2, -0.15) is 15.3 Å². The maximum Gasteiger partial charge on any atom is 0.289 e. The lowest BCUT2D eigenvalue weighted by molar-refractivity contribution is 0.0950. The van der Waals surface area contributed by atoms with Gasteiger partial charge in [0.05, 0.1) is 34.0 Å². The summed E-state index contributed by atoms with van der Waals surface area (Å²) in [5.74, 6) is -0.425. The van der Waals surface area contributed by atoms with Crippen molar-refractivity contribution >= 4 is 35.3 Å². The molecule has 1 amide bonds. The van der Waals surface area contributed by atoms with Crippen LogP contribution in [0.1, 0.15) is 27.4 Å². The van der Waals surface area contributed by atoms with Gasteiger partial charge in [-0.25, -0.2) is 10.1 Å². The third-order valence-corrected chi connectivity index (χ3v) is 5.27. The normalized spacial score (nSPS) is 11.2. The third kappa shape index (κ3) is 4.38. The van der Waals surface area contributed by atoms with Crippen LogP contribution in [0.25, 0.3) is 16.9 Å². The number of hydrogen-bond acceptors (Lipinski definition) is 4. The molecule has 0 unspecified atom stereocenters. The summed E-state index contributed by atoms with van der Waals surface area (Å²) in [6.45, 7) is 3.88. The van der Waals surface area contributed by atoms with Crippen LogP contribution in [-0.4, -0.2) is 32.1 Å². The first kappa shape index (κ1) is 20.8. The lowest BCUT2D eigenvalue weighted by atomic mass is 10.1. The van der Waals surface area contributed by atoms with E-state index in [1.807, 2.05) is 48.9 Å². The van der Waals surface area contributed by atoms with Gasteiger partial charge in [0.2, 0.25) is 0 Å². The van der Waals surface area contributed by atoms with Crippen LogP contribution in [0.4, 0.5) is 0 Å². The van der Waals surface area contributed by atoms with E-state index in [0.717, 1.165) is 22.6 Å². The van der Waals surface area contributed by atoms with Crippen molar-refractivity contribution < 1.29 is 4.79 Å². The summed E-state index contributed by atoms with van der Waals surface area (Å²) in [4.78, 5) is 12.4. The molecular formula is C22H18Cl2N6O. The second kappa shape index (κ2) is 8.75. The zero-order valence-electron chi connectivity index (χ0n) is 16.7. The highest BCUT2D eigenvalue weighted by atomic mass is 35.5. The standard InChI is InChI=1S/C22H18Cl2N6O/c1-13-21(14(2)30(29-13)17-6-4-3-5-7-17)19-11-20(27-26-19)22(31)28-25-12-15-8-9-16(23)10-18(15)24/h3-12H,1-2H3,(H,26,27)(H,28,31)/b25-12-. The van der Waals surface area contributed by atoms with Crippen molar-refractivity contribution in [3.8, 4) is 16.9 Å². The molecule has 9 heteroatoms. The number of nitrogens with zero attached hydrogens (tertiary/aromatic N) is 4. The molecule has 4 rings (SSSR count). The number of amides is 1. The van der Waals surface area contributed by atoms with Crippen molar-refractivity contribution in [2.45, 2.75) is 13.8 Å². The molecule has 0 saturated carbocycles. The Bertz CT molecular complexity index is 1280. The molecule has 2 N–H and O–H groups in total. The monoisotopic (exact) mass is 452 g/mol. The van der Waals surface area contributed by atoms with Crippen molar-refractivity contribution in [2.75, 3.05) is 0 Å². The minimum Gasteiger partial charge on any atom is -0.272 e. The SMILES string of the molecule is Cc1nn(-c2ccccc2)c(C)c1-c1cc(C(=O)N/N=C\c2ccc(Cl)cc2Cl)[nH]n1. The summed E-state index contributed by atoms with van der Waals surface area (Å²) in [6.07, 6.45) is 1.45. The first-order valence-electron chi connectivity index (χ1n) is 9.40. The summed E-state index contributed by atoms with van der Waals surface area (Å²) in [5.41, 5.74) is 7.58. The molecule has 0 bridgehead atoms. The highest BCUT2D eigenvalue weighted by Crippen LogP contribution is 2.27. The Kier molecular flexibility index (Phi) is 5.88. The fourth-order valence-corrected chi connectivity index (χ4v) is 3.68. The van der Waals surface area contributed by atoms with E-state index in [9.17, 15) is 4.79 Å². The summed E-state index contributed by atoms with van der Waals surface area (Å²) in [7, 11) is 0. The molecule has 0 radical (unpaired) electrons. The van der Waals surface area contributed by atoms with Crippen molar-refractivity contribution in [1.29, 1.82) is 0 Å². The molecule has 0 aliphatic heterocycles. The number of carbonyl (C=O) groups is 1. The molecular weight excluding hydrogens is 435 g/mol. The number of nitrogens with one attached hydrogen (secondary N) is 2. The van der Waals surface area contributed by atoms with Crippen LogP contribution in [0.15, 0.2) is 59.7 Å². The summed E-state index contributed by atoms with van der Waals surface area (Å²) in [5, 5.41) is 16.6. The molecule has 7 nitrogen and oxygen atoms in total. The van der Waals surface area contributed by atoms with Crippen molar-refractivity contribution in [3.05, 3.63) is 87.3 Å². The second-order valence-corrected chi connectivity index (χ2v) is 7.67. The molecule has 2 aromatic heterocycles. The minimum atomic E-state index is -0.425. The topological polar surface area (TPSA) is 88.0 Å². The van der Waals surface area contributed by atoms with Gasteiger partial charge in [0.25, 0.3) is 5.91 Å². The second-order valence-electron chi connectivity index (χ2n) is 6.82. The van der Waals surface area contributed by atoms with Gasteiger partial charge in [-0.1, -0.05) is 47.5 Å². The minimum absolute atomic E-state index is 0.278. The quantitative estimate of drug-likeness (QED) is 0.331. The maximum atomic E-state index is 12.4. The van der Waals surface area contributed by atoms with E-state index < -0.39 is 5.91 Å². The highest BCUT2D eigenvalue weighted by molar-refractivity contribution is 6.36. The molecule has 0 fully saturated rings. The van der Waals surface area contributed by atoms with E-state index in [1.165, 1.54) is 6.21 Å². The molecule has 0 aliphatic rings. The van der Waals surface area contributed by atoms with Crippen molar-refractivity contribution in [1.82, 2.24) is 25.4 Å².